The van der Waals surface area contributed by atoms with Gasteiger partial charge >= 0.3 is 0 Å². The van der Waals surface area contributed by atoms with E-state index in [4.69, 9.17) is 18.9 Å². The summed E-state index contributed by atoms with van der Waals surface area (Å²) in [6.07, 6.45) is 1.93. The summed E-state index contributed by atoms with van der Waals surface area (Å²) in [5.74, 6) is 2.34. The van der Waals surface area contributed by atoms with Gasteiger partial charge in [-0.05, 0) is 17.7 Å². The Bertz CT molecular complexity index is 1160. The first-order valence-corrected chi connectivity index (χ1v) is 9.77. The molecule has 29 heavy (non-hydrogen) atoms. The number of hydrogen-bond donors (Lipinski definition) is 0. The van der Waals surface area contributed by atoms with Crippen molar-refractivity contribution in [1.29, 1.82) is 0 Å². The van der Waals surface area contributed by atoms with Crippen molar-refractivity contribution in [3.8, 4) is 23.0 Å². The molecule has 0 unspecified atom stereocenters. The third-order valence-corrected chi connectivity index (χ3v) is 5.55. The van der Waals surface area contributed by atoms with Gasteiger partial charge in [-0.25, -0.2) is 0 Å². The van der Waals surface area contributed by atoms with E-state index in [-0.39, 0.29) is 19.1 Å². The molecule has 0 radical (unpaired) electrons. The Morgan fingerprint density at radius 2 is 1.97 bits per heavy atom. The van der Waals surface area contributed by atoms with Gasteiger partial charge < -0.3 is 23.5 Å². The smallest absolute Gasteiger partial charge is 0.252 e. The highest BCUT2D eigenvalue weighted by Gasteiger charge is 2.18. The number of carbonyl (C=O) groups excluding carboxylic acids is 1. The minimum Gasteiger partial charge on any atom is -0.493 e. The van der Waals surface area contributed by atoms with Crippen molar-refractivity contribution >= 4 is 27.5 Å². The number of carbonyl (C=O) groups is 1. The summed E-state index contributed by atoms with van der Waals surface area (Å²) in [6, 6.07) is 9.22. The summed E-state index contributed by atoms with van der Waals surface area (Å²) in [7, 11) is 3.14. The van der Waals surface area contributed by atoms with Crippen molar-refractivity contribution in [2.75, 3.05) is 21.0 Å². The SMILES string of the molecule is C=CCn1c(=NC(=O)Cc2ccc(OC)c(OC)c2)sc2cc3c(cc21)OCO3. The number of aromatic nitrogens is 1. The molecule has 0 saturated heterocycles. The Morgan fingerprint density at radius 1 is 1.21 bits per heavy atom. The normalized spacial score (nSPS) is 13.0. The lowest BCUT2D eigenvalue weighted by Gasteiger charge is -2.08. The quantitative estimate of drug-likeness (QED) is 0.581. The van der Waals surface area contributed by atoms with Crippen LogP contribution in [0, 0.1) is 0 Å². The standard InChI is InChI=1S/C21H20N2O5S/c1-4-7-23-14-10-17-18(28-12-27-17)11-19(14)29-21(23)22-20(24)9-13-5-6-15(25-2)16(8-13)26-3/h4-6,8,10-11H,1,7,9,12H2,2-3H3. The predicted octanol–water partition coefficient (Wildman–Crippen LogP) is 3.30. The summed E-state index contributed by atoms with van der Waals surface area (Å²) in [5.41, 5.74) is 1.73. The van der Waals surface area contributed by atoms with Gasteiger partial charge in [0.15, 0.2) is 27.8 Å². The van der Waals surface area contributed by atoms with Crippen LogP contribution < -0.4 is 23.7 Å². The van der Waals surface area contributed by atoms with Gasteiger partial charge in [-0.2, -0.15) is 4.99 Å². The van der Waals surface area contributed by atoms with E-state index in [1.807, 2.05) is 22.8 Å². The molecule has 0 spiro atoms. The van der Waals surface area contributed by atoms with E-state index in [2.05, 4.69) is 11.6 Å². The molecule has 7 nitrogen and oxygen atoms in total. The van der Waals surface area contributed by atoms with Crippen molar-refractivity contribution in [3.63, 3.8) is 0 Å². The molecule has 2 heterocycles. The maximum absolute atomic E-state index is 12.6. The maximum Gasteiger partial charge on any atom is 0.252 e. The molecule has 4 rings (SSSR count). The second-order valence-electron chi connectivity index (χ2n) is 6.33. The number of hydrogen-bond acceptors (Lipinski definition) is 6. The lowest BCUT2D eigenvalue weighted by molar-refractivity contribution is -0.117. The van der Waals surface area contributed by atoms with Gasteiger partial charge in [0.1, 0.15) is 0 Å². The first-order valence-electron chi connectivity index (χ1n) is 8.95. The van der Waals surface area contributed by atoms with E-state index >= 15 is 0 Å². The van der Waals surface area contributed by atoms with Crippen LogP contribution in [0.2, 0.25) is 0 Å². The molecule has 1 aliphatic heterocycles. The van der Waals surface area contributed by atoms with Gasteiger partial charge in [0, 0.05) is 18.7 Å². The number of amides is 1. The molecule has 3 aromatic rings. The highest BCUT2D eigenvalue weighted by atomic mass is 32.1. The number of nitrogens with zero attached hydrogens (tertiary/aromatic N) is 2. The molecule has 1 amide bonds. The Labute approximate surface area is 171 Å². The summed E-state index contributed by atoms with van der Waals surface area (Å²) >= 11 is 1.43. The summed E-state index contributed by atoms with van der Waals surface area (Å²) in [6.45, 7) is 4.56. The van der Waals surface area contributed by atoms with Crippen LogP contribution in [0.4, 0.5) is 0 Å². The minimum absolute atomic E-state index is 0.158. The second kappa shape index (κ2) is 8.00. The maximum atomic E-state index is 12.6. The zero-order valence-electron chi connectivity index (χ0n) is 16.1. The molecule has 2 aromatic carbocycles. The highest BCUT2D eigenvalue weighted by Crippen LogP contribution is 2.37. The third kappa shape index (κ3) is 3.71. The van der Waals surface area contributed by atoms with E-state index in [9.17, 15) is 4.79 Å². The highest BCUT2D eigenvalue weighted by molar-refractivity contribution is 7.16. The van der Waals surface area contributed by atoms with E-state index in [1.54, 1.807) is 32.4 Å². The number of thiazole rings is 1. The van der Waals surface area contributed by atoms with Crippen molar-refractivity contribution in [3.05, 3.63) is 53.4 Å². The molecule has 0 aliphatic carbocycles. The number of methoxy groups -OCH3 is 2. The molecule has 0 N–H and O–H groups in total. The van der Waals surface area contributed by atoms with Gasteiger partial charge in [-0.1, -0.05) is 23.5 Å². The van der Waals surface area contributed by atoms with Crippen LogP contribution in [-0.2, 0) is 17.8 Å². The average molecular weight is 412 g/mol. The molecule has 0 saturated carbocycles. The van der Waals surface area contributed by atoms with Crippen LogP contribution in [0.25, 0.3) is 10.2 Å². The molecule has 1 aromatic heterocycles. The molecule has 0 bridgehead atoms. The Morgan fingerprint density at radius 3 is 2.69 bits per heavy atom. The fraction of sp³-hybridized carbons (Fsp3) is 0.238. The lowest BCUT2D eigenvalue weighted by atomic mass is 10.1. The molecule has 150 valence electrons. The molecule has 0 atom stereocenters. The first-order chi connectivity index (χ1) is 14.1. The van der Waals surface area contributed by atoms with E-state index in [0.29, 0.717) is 34.3 Å². The fourth-order valence-electron chi connectivity index (χ4n) is 3.16. The van der Waals surface area contributed by atoms with Crippen LogP contribution in [0.3, 0.4) is 0 Å². The van der Waals surface area contributed by atoms with E-state index < -0.39 is 0 Å². The Hall–Kier alpha value is -3.26. The molecule has 0 fully saturated rings. The van der Waals surface area contributed by atoms with Crippen LogP contribution in [0.15, 0.2) is 48.0 Å². The minimum atomic E-state index is -0.248. The van der Waals surface area contributed by atoms with E-state index in [1.165, 1.54) is 11.3 Å². The van der Waals surface area contributed by atoms with Gasteiger partial charge in [-0.15, -0.1) is 6.58 Å². The van der Waals surface area contributed by atoms with Crippen LogP contribution in [-0.4, -0.2) is 31.5 Å². The first kappa shape index (κ1) is 19.1. The predicted molar refractivity (Wildman–Crippen MR) is 110 cm³/mol. The molecular formula is C21H20N2O5S. The summed E-state index contributed by atoms with van der Waals surface area (Å²) < 4.78 is 24.4. The third-order valence-electron chi connectivity index (χ3n) is 4.51. The van der Waals surface area contributed by atoms with Crippen LogP contribution in [0.1, 0.15) is 5.56 Å². The average Bonchev–Trinajstić information content (AvgIpc) is 3.30. The van der Waals surface area contributed by atoms with Crippen molar-refractivity contribution < 1.29 is 23.7 Å². The Kier molecular flexibility index (Phi) is 5.26. The van der Waals surface area contributed by atoms with Crippen LogP contribution >= 0.6 is 11.3 Å². The summed E-state index contributed by atoms with van der Waals surface area (Å²) in [4.78, 5) is 17.6. The largest absolute Gasteiger partial charge is 0.493 e. The molecular weight excluding hydrogens is 392 g/mol. The number of rotatable bonds is 6. The lowest BCUT2D eigenvalue weighted by Crippen LogP contribution is -2.17. The number of allylic oxidation sites excluding steroid dienone is 1. The number of ether oxygens (including phenoxy) is 4. The number of benzene rings is 2. The zero-order chi connectivity index (χ0) is 20.4. The van der Waals surface area contributed by atoms with Crippen molar-refractivity contribution in [1.82, 2.24) is 4.57 Å². The van der Waals surface area contributed by atoms with Gasteiger partial charge in [-0.3, -0.25) is 4.79 Å². The monoisotopic (exact) mass is 412 g/mol. The van der Waals surface area contributed by atoms with Crippen molar-refractivity contribution in [2.45, 2.75) is 13.0 Å². The summed E-state index contributed by atoms with van der Waals surface area (Å²) in [5, 5.41) is 0. The molecule has 1 aliphatic rings. The topological polar surface area (TPSA) is 71.3 Å². The van der Waals surface area contributed by atoms with E-state index in [0.717, 1.165) is 15.8 Å². The zero-order valence-corrected chi connectivity index (χ0v) is 17.0. The van der Waals surface area contributed by atoms with Gasteiger partial charge in [0.25, 0.3) is 5.91 Å². The van der Waals surface area contributed by atoms with Gasteiger partial charge in [0.05, 0.1) is 30.9 Å². The molecule has 8 heteroatoms. The van der Waals surface area contributed by atoms with Gasteiger partial charge in [0.2, 0.25) is 6.79 Å². The van der Waals surface area contributed by atoms with Crippen LogP contribution in [0.5, 0.6) is 23.0 Å². The number of fused-ring (bicyclic) bond motifs is 2. The Balaban J connectivity index is 1.69. The second-order valence-corrected chi connectivity index (χ2v) is 7.34. The fourth-order valence-corrected chi connectivity index (χ4v) is 4.23. The van der Waals surface area contributed by atoms with Crippen molar-refractivity contribution in [2.24, 2.45) is 4.99 Å².